The van der Waals surface area contributed by atoms with Crippen LogP contribution in [0.5, 0.6) is 0 Å². The van der Waals surface area contributed by atoms with Crippen LogP contribution in [-0.2, 0) is 28.6 Å². The molecule has 0 radical (unpaired) electrons. The summed E-state index contributed by atoms with van der Waals surface area (Å²) in [4.78, 5) is 37.8. The minimum Gasteiger partial charge on any atom is -0.462 e. The summed E-state index contributed by atoms with van der Waals surface area (Å²) in [6.45, 7) is 6.25. The number of hydrogen-bond acceptors (Lipinski definition) is 6. The van der Waals surface area contributed by atoms with E-state index in [1.54, 1.807) is 0 Å². The van der Waals surface area contributed by atoms with Crippen molar-refractivity contribution in [2.45, 2.75) is 226 Å². The van der Waals surface area contributed by atoms with Gasteiger partial charge in [-0.15, -0.1) is 0 Å². The zero-order chi connectivity index (χ0) is 53.6. The van der Waals surface area contributed by atoms with Gasteiger partial charge >= 0.3 is 17.9 Å². The molecule has 0 fully saturated rings. The maximum absolute atomic E-state index is 12.8. The number of unbranched alkanes of at least 4 members (excludes halogenated alkanes) is 11. The molecule has 6 heteroatoms. The second-order valence-corrected chi connectivity index (χ2v) is 18.4. The molecule has 0 saturated heterocycles. The van der Waals surface area contributed by atoms with Crippen LogP contribution in [0.4, 0.5) is 0 Å². The molecule has 412 valence electrons. The van der Waals surface area contributed by atoms with E-state index in [4.69, 9.17) is 14.2 Å². The maximum Gasteiger partial charge on any atom is 0.306 e. The van der Waals surface area contributed by atoms with Crippen molar-refractivity contribution in [3.05, 3.63) is 170 Å². The van der Waals surface area contributed by atoms with Crippen molar-refractivity contribution in [2.24, 2.45) is 0 Å². The third kappa shape index (κ3) is 57.7. The van der Waals surface area contributed by atoms with Crippen LogP contribution in [0.3, 0.4) is 0 Å². The lowest BCUT2D eigenvalue weighted by atomic mass is 10.1. The molecule has 1 unspecified atom stereocenters. The highest BCUT2D eigenvalue weighted by atomic mass is 16.6. The van der Waals surface area contributed by atoms with Gasteiger partial charge < -0.3 is 14.2 Å². The summed E-state index contributed by atoms with van der Waals surface area (Å²) >= 11 is 0. The smallest absolute Gasteiger partial charge is 0.306 e. The van der Waals surface area contributed by atoms with Gasteiger partial charge in [0.2, 0.25) is 0 Å². The van der Waals surface area contributed by atoms with Gasteiger partial charge in [-0.2, -0.15) is 0 Å². The Hall–Kier alpha value is -5.23. The van der Waals surface area contributed by atoms with Crippen molar-refractivity contribution in [1.29, 1.82) is 0 Å². The Morgan fingerprint density at radius 1 is 0.284 bits per heavy atom. The number of carbonyl (C=O) groups excluding carboxylic acids is 3. The highest BCUT2D eigenvalue weighted by Crippen LogP contribution is 2.12. The molecule has 0 aliphatic rings. The molecule has 0 bridgehead atoms. The molecular formula is C68H104O6. The first-order chi connectivity index (χ1) is 36.5. The Morgan fingerprint density at radius 2 is 0.554 bits per heavy atom. The standard InChI is InChI=1S/C68H104O6/c1-4-7-10-13-16-18-20-22-24-26-28-29-30-31-32-33-34-35-36-37-38-39-41-42-44-46-48-50-52-55-58-61-67(70)73-64-65(63-72-66(69)60-57-54-15-12-9-6-3)74-68(71)62-59-56-53-51-49-47-45-43-40-27-25-23-21-19-17-14-11-8-5-2/h7-8,10-11,16-19,22-25,28-29,31-32,34-35,37-38,40-43,47,49,53,56,65H,4-6,9,12-15,20-21,26-27,30,33,36,39,44-46,48,50-52,54-55,57-64H2,1-3H3/b10-7-,11-8-,18-16-,19-17-,24-22-,25-23-,29-28-,32-31-,35-34-,38-37-,42-41-,43-40-,49-47-,56-53-. The van der Waals surface area contributed by atoms with Gasteiger partial charge in [-0.1, -0.05) is 249 Å². The Morgan fingerprint density at radius 3 is 0.878 bits per heavy atom. The monoisotopic (exact) mass is 1020 g/mol. The molecule has 0 aromatic heterocycles. The Balaban J connectivity index is 4.29. The summed E-state index contributed by atoms with van der Waals surface area (Å²) in [6, 6.07) is 0. The fourth-order valence-corrected chi connectivity index (χ4v) is 7.19. The number of ether oxygens (including phenoxy) is 3. The number of allylic oxidation sites excluding steroid dienone is 28. The van der Waals surface area contributed by atoms with Gasteiger partial charge in [-0.3, -0.25) is 14.4 Å². The highest BCUT2D eigenvalue weighted by molar-refractivity contribution is 5.71. The first-order valence-electron chi connectivity index (χ1n) is 29.1. The first kappa shape index (κ1) is 68.8. The van der Waals surface area contributed by atoms with Crippen molar-refractivity contribution in [3.63, 3.8) is 0 Å². The maximum atomic E-state index is 12.8. The quantitative estimate of drug-likeness (QED) is 0.0261. The van der Waals surface area contributed by atoms with E-state index in [1.807, 2.05) is 12.2 Å². The van der Waals surface area contributed by atoms with Gasteiger partial charge in [0.15, 0.2) is 6.10 Å². The van der Waals surface area contributed by atoms with E-state index in [2.05, 4.69) is 179 Å². The van der Waals surface area contributed by atoms with Crippen LogP contribution in [0, 0.1) is 0 Å². The zero-order valence-electron chi connectivity index (χ0n) is 47.0. The Labute approximate surface area is 453 Å². The Kier molecular flexibility index (Phi) is 56.1. The van der Waals surface area contributed by atoms with Crippen LogP contribution < -0.4 is 0 Å². The van der Waals surface area contributed by atoms with E-state index >= 15 is 0 Å². The predicted octanol–water partition coefficient (Wildman–Crippen LogP) is 19.9. The number of esters is 3. The van der Waals surface area contributed by atoms with Crippen LogP contribution in [0.1, 0.15) is 220 Å². The van der Waals surface area contributed by atoms with Crippen molar-refractivity contribution < 1.29 is 28.6 Å². The number of rotatable bonds is 50. The molecule has 0 saturated carbocycles. The third-order valence-corrected chi connectivity index (χ3v) is 11.5. The summed E-state index contributed by atoms with van der Waals surface area (Å²) in [6.07, 6.45) is 89.6. The van der Waals surface area contributed by atoms with Crippen LogP contribution in [0.15, 0.2) is 170 Å². The summed E-state index contributed by atoms with van der Waals surface area (Å²) in [7, 11) is 0. The first-order valence-corrected chi connectivity index (χ1v) is 29.1. The molecule has 0 aromatic carbocycles. The van der Waals surface area contributed by atoms with Gasteiger partial charge in [0.1, 0.15) is 13.2 Å². The fourth-order valence-electron chi connectivity index (χ4n) is 7.19. The molecule has 0 N–H and O–H groups in total. The van der Waals surface area contributed by atoms with Gasteiger partial charge in [-0.05, 0) is 122 Å². The SMILES string of the molecule is CC/C=C\C/C=C\C/C=C\C/C=C\C/C=C\C/C=C\C/C=C\C/C=C\CCCCCCCCC(=O)OCC(COC(=O)CCCCCCCC)OC(=O)CC/C=C\C/C=C\C/C=C\C/C=C\C/C=C\C/C=C\CC. The summed E-state index contributed by atoms with van der Waals surface area (Å²) in [5.74, 6) is -1.04. The van der Waals surface area contributed by atoms with E-state index in [0.717, 1.165) is 141 Å². The topological polar surface area (TPSA) is 78.9 Å². The molecule has 1 atom stereocenters. The number of carbonyl (C=O) groups is 3. The molecule has 6 nitrogen and oxygen atoms in total. The lowest BCUT2D eigenvalue weighted by Gasteiger charge is -2.18. The minimum absolute atomic E-state index is 0.120. The molecule has 0 aliphatic carbocycles. The summed E-state index contributed by atoms with van der Waals surface area (Å²) < 4.78 is 16.7. The molecule has 0 aliphatic heterocycles. The molecule has 74 heavy (non-hydrogen) atoms. The van der Waals surface area contributed by atoms with Crippen molar-refractivity contribution >= 4 is 17.9 Å². The number of hydrogen-bond donors (Lipinski definition) is 0. The molecule has 0 spiro atoms. The van der Waals surface area contributed by atoms with Crippen molar-refractivity contribution in [2.75, 3.05) is 13.2 Å². The van der Waals surface area contributed by atoms with Crippen LogP contribution in [0.25, 0.3) is 0 Å². The molecule has 0 aromatic rings. The van der Waals surface area contributed by atoms with E-state index in [9.17, 15) is 14.4 Å². The van der Waals surface area contributed by atoms with Gasteiger partial charge in [0.05, 0.1) is 0 Å². The molecular weight excluding hydrogens is 913 g/mol. The summed E-state index contributed by atoms with van der Waals surface area (Å²) in [5.41, 5.74) is 0. The second-order valence-electron chi connectivity index (χ2n) is 18.4. The zero-order valence-corrected chi connectivity index (χ0v) is 47.0. The van der Waals surface area contributed by atoms with Crippen LogP contribution >= 0.6 is 0 Å². The summed E-state index contributed by atoms with van der Waals surface area (Å²) in [5, 5.41) is 0. The predicted molar refractivity (Wildman–Crippen MR) is 320 cm³/mol. The average Bonchev–Trinajstić information content (AvgIpc) is 3.40. The molecule has 0 rings (SSSR count). The van der Waals surface area contributed by atoms with Gasteiger partial charge in [0, 0.05) is 19.3 Å². The highest BCUT2D eigenvalue weighted by Gasteiger charge is 2.19. The van der Waals surface area contributed by atoms with E-state index < -0.39 is 12.1 Å². The van der Waals surface area contributed by atoms with Gasteiger partial charge in [-0.25, -0.2) is 0 Å². The molecule has 0 amide bonds. The Bertz CT molecular complexity index is 1740. The fraction of sp³-hybridized carbons (Fsp3) is 0.544. The van der Waals surface area contributed by atoms with Crippen LogP contribution in [0.2, 0.25) is 0 Å². The second kappa shape index (κ2) is 60.3. The molecule has 0 heterocycles. The lowest BCUT2D eigenvalue weighted by Crippen LogP contribution is -2.30. The lowest BCUT2D eigenvalue weighted by molar-refractivity contribution is -0.166. The van der Waals surface area contributed by atoms with E-state index in [1.165, 1.54) is 32.1 Å². The largest absolute Gasteiger partial charge is 0.462 e. The van der Waals surface area contributed by atoms with Crippen LogP contribution in [-0.4, -0.2) is 37.2 Å². The van der Waals surface area contributed by atoms with Crippen molar-refractivity contribution in [1.82, 2.24) is 0 Å². The van der Waals surface area contributed by atoms with Crippen molar-refractivity contribution in [3.8, 4) is 0 Å². The minimum atomic E-state index is -0.830. The van der Waals surface area contributed by atoms with Gasteiger partial charge in [0.25, 0.3) is 0 Å². The average molecular weight is 1020 g/mol. The van der Waals surface area contributed by atoms with E-state index in [0.29, 0.717) is 19.3 Å². The van der Waals surface area contributed by atoms with E-state index in [-0.39, 0.29) is 31.6 Å². The normalized spacial score (nSPS) is 13.4. The third-order valence-electron chi connectivity index (χ3n) is 11.5.